The van der Waals surface area contributed by atoms with Gasteiger partial charge >= 0.3 is 21.5 Å². The lowest BCUT2D eigenvalue weighted by Gasteiger charge is -2.52. The van der Waals surface area contributed by atoms with Crippen molar-refractivity contribution in [2.45, 2.75) is 51.1 Å². The third-order valence-electron chi connectivity index (χ3n) is 5.89. The predicted molar refractivity (Wildman–Crippen MR) is 79.1 cm³/mol. The highest BCUT2D eigenvalue weighted by atomic mass is 32.2. The van der Waals surface area contributed by atoms with Gasteiger partial charge in [0.15, 0.2) is 0 Å². The summed E-state index contributed by atoms with van der Waals surface area (Å²) < 4.78 is 67.5. The zero-order valence-corrected chi connectivity index (χ0v) is 14.6. The lowest BCUT2D eigenvalue weighted by Crippen LogP contribution is -2.62. The fraction of sp³-hybridized carbons (Fsp3) is 0.933. The van der Waals surface area contributed by atoms with Gasteiger partial charge in [-0.05, 0) is 51.9 Å². The highest BCUT2D eigenvalue weighted by Gasteiger charge is 2.76. The van der Waals surface area contributed by atoms with Gasteiger partial charge in [0.1, 0.15) is 5.60 Å². The van der Waals surface area contributed by atoms with Crippen LogP contribution in [0.25, 0.3) is 0 Å². The Morgan fingerprint density at radius 3 is 2.38 bits per heavy atom. The minimum absolute atomic E-state index is 0.124. The third-order valence-corrected chi connectivity index (χ3v) is 7.05. The van der Waals surface area contributed by atoms with Crippen LogP contribution in [0.5, 0.6) is 0 Å². The monoisotopic (exact) mass is 369 g/mol. The van der Waals surface area contributed by atoms with Gasteiger partial charge in [0.05, 0.1) is 5.41 Å². The molecule has 4 rings (SSSR count). The van der Waals surface area contributed by atoms with E-state index in [0.717, 1.165) is 19.3 Å². The van der Waals surface area contributed by atoms with Crippen LogP contribution >= 0.6 is 0 Å². The summed E-state index contributed by atoms with van der Waals surface area (Å²) in [4.78, 5) is 12.3. The molecule has 4 aliphatic carbocycles. The number of sulfonamides is 1. The summed E-state index contributed by atoms with van der Waals surface area (Å²) >= 11 is 0. The molecular weight excluding hydrogens is 347 g/mol. The molecule has 4 fully saturated rings. The minimum atomic E-state index is -5.38. The molecule has 138 valence electrons. The lowest BCUT2D eigenvalue weighted by molar-refractivity contribution is -0.206. The van der Waals surface area contributed by atoms with Crippen LogP contribution in [0.4, 0.5) is 13.2 Å². The number of esters is 1. The number of hydrogen-bond acceptors (Lipinski definition) is 4. The van der Waals surface area contributed by atoms with Gasteiger partial charge in [-0.3, -0.25) is 4.79 Å². The molecule has 4 saturated carbocycles. The van der Waals surface area contributed by atoms with Crippen molar-refractivity contribution < 1.29 is 31.1 Å². The van der Waals surface area contributed by atoms with Crippen LogP contribution in [-0.2, 0) is 19.6 Å². The van der Waals surface area contributed by atoms with Crippen molar-refractivity contribution in [3.63, 3.8) is 0 Å². The number of ether oxygens (including phenoxy) is 1. The van der Waals surface area contributed by atoms with E-state index in [2.05, 4.69) is 0 Å². The molecular formula is C15H22F3NO4S. The Kier molecular flexibility index (Phi) is 3.81. The van der Waals surface area contributed by atoms with E-state index in [4.69, 9.17) is 4.74 Å². The Labute approximate surface area is 139 Å². The normalized spacial score (nSPS) is 38.1. The number of alkyl halides is 3. The molecule has 0 aromatic heterocycles. The molecule has 0 aliphatic heterocycles. The summed E-state index contributed by atoms with van der Waals surface area (Å²) in [6, 6.07) is 0. The molecule has 0 heterocycles. The molecule has 4 bridgehead atoms. The Morgan fingerprint density at radius 1 is 1.25 bits per heavy atom. The van der Waals surface area contributed by atoms with E-state index in [9.17, 15) is 26.4 Å². The molecule has 0 spiro atoms. The molecule has 0 radical (unpaired) electrons. The van der Waals surface area contributed by atoms with E-state index >= 15 is 0 Å². The summed E-state index contributed by atoms with van der Waals surface area (Å²) in [5, 5.41) is 0. The summed E-state index contributed by atoms with van der Waals surface area (Å²) in [7, 11) is -5.38. The van der Waals surface area contributed by atoms with E-state index in [1.54, 1.807) is 25.5 Å². The maximum absolute atomic E-state index is 12.5. The average molecular weight is 369 g/mol. The van der Waals surface area contributed by atoms with E-state index in [0.29, 0.717) is 0 Å². The first-order valence-electron chi connectivity index (χ1n) is 8.10. The summed E-state index contributed by atoms with van der Waals surface area (Å²) in [6.07, 6.45) is 2.55. The van der Waals surface area contributed by atoms with Crippen molar-refractivity contribution in [1.82, 2.24) is 4.72 Å². The van der Waals surface area contributed by atoms with Gasteiger partial charge in [-0.1, -0.05) is 0 Å². The van der Waals surface area contributed by atoms with E-state index < -0.39 is 26.5 Å². The first kappa shape index (κ1) is 18.0. The molecule has 4 aliphatic rings. The lowest BCUT2D eigenvalue weighted by atomic mass is 9.60. The Bertz CT molecular complexity index is 647. The molecule has 0 aromatic rings. The number of rotatable bonds is 4. The number of nitrogens with one attached hydrogen (secondary N) is 1. The maximum Gasteiger partial charge on any atom is 0.511 e. The topological polar surface area (TPSA) is 72.5 Å². The van der Waals surface area contributed by atoms with Crippen LogP contribution in [0.2, 0.25) is 0 Å². The van der Waals surface area contributed by atoms with Gasteiger partial charge in [-0.25, -0.2) is 13.1 Å². The Morgan fingerprint density at radius 2 is 1.88 bits per heavy atom. The third kappa shape index (κ3) is 2.38. The molecule has 1 N–H and O–H groups in total. The second-order valence-corrected chi connectivity index (χ2v) is 9.94. The van der Waals surface area contributed by atoms with Crippen LogP contribution in [-0.4, -0.2) is 32.0 Å². The smallest absolute Gasteiger partial charge is 0.458 e. The van der Waals surface area contributed by atoms with Crippen LogP contribution in [0.15, 0.2) is 0 Å². The molecule has 9 heteroatoms. The van der Waals surface area contributed by atoms with Gasteiger partial charge in [0.25, 0.3) is 0 Å². The van der Waals surface area contributed by atoms with Gasteiger partial charge in [0.2, 0.25) is 0 Å². The van der Waals surface area contributed by atoms with Gasteiger partial charge in [-0.2, -0.15) is 13.2 Å². The molecule has 5 nitrogen and oxygen atoms in total. The molecule has 0 saturated heterocycles. The van der Waals surface area contributed by atoms with Crippen molar-refractivity contribution in [2.24, 2.45) is 29.1 Å². The number of halogens is 3. The second kappa shape index (κ2) is 5.09. The van der Waals surface area contributed by atoms with Crippen molar-refractivity contribution in [1.29, 1.82) is 0 Å². The summed E-state index contributed by atoms with van der Waals surface area (Å²) in [6.45, 7) is 4.83. The first-order chi connectivity index (χ1) is 10.8. The van der Waals surface area contributed by atoms with Gasteiger partial charge in [0, 0.05) is 18.4 Å². The molecule has 0 amide bonds. The Hall–Kier alpha value is -0.830. The summed E-state index contributed by atoms with van der Waals surface area (Å²) in [5.41, 5.74) is -6.83. The predicted octanol–water partition coefficient (Wildman–Crippen LogP) is 2.43. The minimum Gasteiger partial charge on any atom is -0.458 e. The number of hydrogen-bond donors (Lipinski definition) is 1. The van der Waals surface area contributed by atoms with Crippen molar-refractivity contribution >= 4 is 16.0 Å². The van der Waals surface area contributed by atoms with Crippen molar-refractivity contribution in [2.75, 3.05) is 6.54 Å². The fourth-order valence-electron chi connectivity index (χ4n) is 4.86. The van der Waals surface area contributed by atoms with E-state index in [1.807, 2.05) is 0 Å². The van der Waals surface area contributed by atoms with E-state index in [1.165, 1.54) is 0 Å². The zero-order chi connectivity index (χ0) is 18.1. The highest BCUT2D eigenvalue weighted by molar-refractivity contribution is 7.90. The number of carbonyl (C=O) groups is 1. The molecule has 5 unspecified atom stereocenters. The van der Waals surface area contributed by atoms with Crippen LogP contribution in [0.3, 0.4) is 0 Å². The number of carbonyl (C=O) groups excluding carboxylic acids is 1. The van der Waals surface area contributed by atoms with Crippen molar-refractivity contribution in [3.05, 3.63) is 0 Å². The largest absolute Gasteiger partial charge is 0.511 e. The van der Waals surface area contributed by atoms with Crippen molar-refractivity contribution in [3.8, 4) is 0 Å². The maximum atomic E-state index is 12.5. The average Bonchev–Trinajstić information content (AvgIpc) is 2.97. The van der Waals surface area contributed by atoms with E-state index in [-0.39, 0.29) is 36.2 Å². The molecule has 24 heavy (non-hydrogen) atoms. The quantitative estimate of drug-likeness (QED) is 0.773. The molecule has 0 aromatic carbocycles. The summed E-state index contributed by atoms with van der Waals surface area (Å²) in [5.74, 6) is -0.359. The van der Waals surface area contributed by atoms with Gasteiger partial charge in [-0.15, -0.1) is 0 Å². The Balaban J connectivity index is 1.77. The van der Waals surface area contributed by atoms with Crippen LogP contribution in [0.1, 0.15) is 40.0 Å². The first-order valence-corrected chi connectivity index (χ1v) is 9.58. The van der Waals surface area contributed by atoms with Gasteiger partial charge < -0.3 is 4.74 Å². The zero-order valence-electron chi connectivity index (χ0n) is 13.8. The highest BCUT2D eigenvalue weighted by Crippen LogP contribution is 2.72. The SMILES string of the molecule is CC(C)(C)C(=O)OC12C3CCC1C(C3)C2CNS(=O)(=O)C(F)(F)F. The molecule has 5 atom stereocenters. The van der Waals surface area contributed by atoms with Crippen LogP contribution in [0, 0.1) is 29.1 Å². The fourth-order valence-corrected chi connectivity index (χ4v) is 5.42. The second-order valence-electron chi connectivity index (χ2n) is 8.18. The van der Waals surface area contributed by atoms with Crippen LogP contribution < -0.4 is 4.72 Å². The standard InChI is InChI=1S/C15H22F3NO4S/c1-13(2,3)12(20)23-14-8-4-5-10(14)9(6-8)11(14)7-19-24(21,22)15(16,17)18/h8-11,19H,4-7H2,1-3H3.